The largest absolute Gasteiger partial charge is 0.467 e. The summed E-state index contributed by atoms with van der Waals surface area (Å²) < 4.78 is 4.64. The number of methoxy groups -OCH3 is 1. The summed E-state index contributed by atoms with van der Waals surface area (Å²) in [5, 5.41) is 2.67. The molecule has 1 unspecified atom stereocenters. The minimum Gasteiger partial charge on any atom is -0.467 e. The van der Waals surface area contributed by atoms with Crippen molar-refractivity contribution in [2.24, 2.45) is 11.7 Å². The SMILES string of the molecule is COC(=O)C(NC(=O)CCC(C)(C)N)C(C)C. The van der Waals surface area contributed by atoms with Gasteiger partial charge in [-0.3, -0.25) is 4.79 Å². The number of carbonyl (C=O) groups is 2. The highest BCUT2D eigenvalue weighted by Gasteiger charge is 2.25. The van der Waals surface area contributed by atoms with Crippen LogP contribution in [-0.4, -0.2) is 30.6 Å². The zero-order valence-corrected chi connectivity index (χ0v) is 11.4. The monoisotopic (exact) mass is 244 g/mol. The van der Waals surface area contributed by atoms with E-state index in [-0.39, 0.29) is 17.4 Å². The molecule has 0 radical (unpaired) electrons. The van der Waals surface area contributed by atoms with Crippen LogP contribution < -0.4 is 11.1 Å². The number of amides is 1. The molecule has 5 nitrogen and oxygen atoms in total. The second-order valence-electron chi connectivity index (χ2n) is 5.30. The van der Waals surface area contributed by atoms with Crippen LogP contribution in [0.3, 0.4) is 0 Å². The first kappa shape index (κ1) is 15.9. The van der Waals surface area contributed by atoms with Gasteiger partial charge in [0.1, 0.15) is 6.04 Å². The first-order valence-corrected chi connectivity index (χ1v) is 5.83. The zero-order valence-electron chi connectivity index (χ0n) is 11.4. The summed E-state index contributed by atoms with van der Waals surface area (Å²) >= 11 is 0. The van der Waals surface area contributed by atoms with Crippen molar-refractivity contribution < 1.29 is 14.3 Å². The second-order valence-corrected chi connectivity index (χ2v) is 5.30. The summed E-state index contributed by atoms with van der Waals surface area (Å²) in [4.78, 5) is 23.1. The Labute approximate surface area is 103 Å². The molecule has 0 aliphatic heterocycles. The van der Waals surface area contributed by atoms with E-state index in [1.165, 1.54) is 7.11 Å². The predicted octanol–water partition coefficient (Wildman–Crippen LogP) is 0.818. The smallest absolute Gasteiger partial charge is 0.328 e. The number of rotatable bonds is 6. The molecule has 0 saturated carbocycles. The van der Waals surface area contributed by atoms with Gasteiger partial charge in [-0.05, 0) is 26.2 Å². The highest BCUT2D eigenvalue weighted by Crippen LogP contribution is 2.08. The maximum atomic E-state index is 11.7. The lowest BCUT2D eigenvalue weighted by molar-refractivity contribution is -0.146. The lowest BCUT2D eigenvalue weighted by Crippen LogP contribution is -2.45. The molecule has 0 aliphatic rings. The van der Waals surface area contributed by atoms with Crippen molar-refractivity contribution in [1.29, 1.82) is 0 Å². The van der Waals surface area contributed by atoms with Gasteiger partial charge in [0.2, 0.25) is 5.91 Å². The van der Waals surface area contributed by atoms with Gasteiger partial charge >= 0.3 is 5.97 Å². The number of nitrogens with two attached hydrogens (primary N) is 1. The van der Waals surface area contributed by atoms with E-state index >= 15 is 0 Å². The maximum absolute atomic E-state index is 11.7. The molecule has 0 spiro atoms. The van der Waals surface area contributed by atoms with Gasteiger partial charge in [0.05, 0.1) is 7.11 Å². The molecule has 0 heterocycles. The minimum absolute atomic E-state index is 0.00251. The van der Waals surface area contributed by atoms with E-state index in [1.807, 2.05) is 27.7 Å². The van der Waals surface area contributed by atoms with Crippen molar-refractivity contribution in [2.75, 3.05) is 7.11 Å². The summed E-state index contributed by atoms with van der Waals surface area (Å²) in [6.07, 6.45) is 0.883. The molecular weight excluding hydrogens is 220 g/mol. The average Bonchev–Trinajstić information content (AvgIpc) is 2.20. The van der Waals surface area contributed by atoms with Crippen LogP contribution in [0.15, 0.2) is 0 Å². The van der Waals surface area contributed by atoms with E-state index in [4.69, 9.17) is 5.73 Å². The molecule has 0 aromatic carbocycles. The number of esters is 1. The standard InChI is InChI=1S/C12H24N2O3/c1-8(2)10(11(16)17-5)14-9(15)6-7-12(3,4)13/h8,10H,6-7,13H2,1-5H3,(H,14,15). The normalized spacial score (nSPS) is 13.4. The Morgan fingerprint density at radius 2 is 1.88 bits per heavy atom. The zero-order chi connectivity index (χ0) is 13.6. The first-order chi connectivity index (χ1) is 7.67. The molecule has 0 fully saturated rings. The number of hydrogen-bond donors (Lipinski definition) is 2. The van der Waals surface area contributed by atoms with Crippen LogP contribution in [0.5, 0.6) is 0 Å². The lowest BCUT2D eigenvalue weighted by atomic mass is 9.99. The van der Waals surface area contributed by atoms with Crippen molar-refractivity contribution in [3.8, 4) is 0 Å². The van der Waals surface area contributed by atoms with Crippen LogP contribution in [0, 0.1) is 5.92 Å². The highest BCUT2D eigenvalue weighted by atomic mass is 16.5. The fourth-order valence-electron chi connectivity index (χ4n) is 1.31. The first-order valence-electron chi connectivity index (χ1n) is 5.83. The van der Waals surface area contributed by atoms with Crippen LogP contribution >= 0.6 is 0 Å². The molecule has 0 aliphatic carbocycles. The van der Waals surface area contributed by atoms with E-state index in [1.54, 1.807) is 0 Å². The van der Waals surface area contributed by atoms with Gasteiger partial charge in [-0.15, -0.1) is 0 Å². The Hall–Kier alpha value is -1.10. The maximum Gasteiger partial charge on any atom is 0.328 e. The molecule has 100 valence electrons. The van der Waals surface area contributed by atoms with Gasteiger partial charge in [0, 0.05) is 12.0 Å². The van der Waals surface area contributed by atoms with Gasteiger partial charge in [-0.2, -0.15) is 0 Å². The van der Waals surface area contributed by atoms with E-state index in [9.17, 15) is 9.59 Å². The summed E-state index contributed by atoms with van der Waals surface area (Å²) in [7, 11) is 1.31. The van der Waals surface area contributed by atoms with Gasteiger partial charge < -0.3 is 15.8 Å². The summed E-state index contributed by atoms with van der Waals surface area (Å²) in [6.45, 7) is 7.44. The Bertz CT molecular complexity index is 269. The van der Waals surface area contributed by atoms with Gasteiger partial charge in [0.25, 0.3) is 0 Å². The number of hydrogen-bond acceptors (Lipinski definition) is 4. The van der Waals surface area contributed by atoms with Crippen molar-refractivity contribution in [1.82, 2.24) is 5.32 Å². The van der Waals surface area contributed by atoms with Crippen LogP contribution in [0.4, 0.5) is 0 Å². The van der Waals surface area contributed by atoms with Gasteiger partial charge in [-0.25, -0.2) is 4.79 Å². The van der Waals surface area contributed by atoms with Crippen molar-refractivity contribution in [2.45, 2.75) is 52.1 Å². The third-order valence-electron chi connectivity index (χ3n) is 2.43. The summed E-state index contributed by atoms with van der Waals surface area (Å²) in [5.41, 5.74) is 5.41. The Morgan fingerprint density at radius 1 is 1.35 bits per heavy atom. The molecular formula is C12H24N2O3. The lowest BCUT2D eigenvalue weighted by Gasteiger charge is -2.22. The minimum atomic E-state index is -0.589. The van der Waals surface area contributed by atoms with E-state index in [2.05, 4.69) is 10.1 Å². The molecule has 0 aromatic heterocycles. The van der Waals surface area contributed by atoms with Crippen molar-refractivity contribution in [3.05, 3.63) is 0 Å². The molecule has 0 saturated heterocycles. The van der Waals surface area contributed by atoms with Crippen molar-refractivity contribution in [3.63, 3.8) is 0 Å². The Balaban J connectivity index is 4.28. The summed E-state index contributed by atoms with van der Waals surface area (Å²) in [5.74, 6) is -0.592. The van der Waals surface area contributed by atoms with Gasteiger partial charge in [-0.1, -0.05) is 13.8 Å². The van der Waals surface area contributed by atoms with Crippen LogP contribution in [0.2, 0.25) is 0 Å². The molecule has 1 amide bonds. The van der Waals surface area contributed by atoms with E-state index < -0.39 is 12.0 Å². The Kier molecular flexibility index (Phi) is 6.16. The van der Waals surface area contributed by atoms with Crippen LogP contribution in [0.25, 0.3) is 0 Å². The fourth-order valence-corrected chi connectivity index (χ4v) is 1.31. The molecule has 17 heavy (non-hydrogen) atoms. The van der Waals surface area contributed by atoms with E-state index in [0.717, 1.165) is 0 Å². The summed E-state index contributed by atoms with van der Waals surface area (Å²) in [6, 6.07) is -0.589. The average molecular weight is 244 g/mol. The van der Waals surface area contributed by atoms with Crippen LogP contribution in [0.1, 0.15) is 40.5 Å². The number of carbonyl (C=O) groups excluding carboxylic acids is 2. The highest BCUT2D eigenvalue weighted by molar-refractivity contribution is 5.84. The third-order valence-corrected chi connectivity index (χ3v) is 2.43. The predicted molar refractivity (Wildman–Crippen MR) is 66.3 cm³/mol. The fraction of sp³-hybridized carbons (Fsp3) is 0.833. The Morgan fingerprint density at radius 3 is 2.24 bits per heavy atom. The molecule has 5 heteroatoms. The number of ether oxygens (including phenoxy) is 1. The second kappa shape index (κ2) is 6.59. The third kappa shape index (κ3) is 6.94. The van der Waals surface area contributed by atoms with Gasteiger partial charge in [0.15, 0.2) is 0 Å². The number of nitrogens with one attached hydrogen (secondary N) is 1. The molecule has 3 N–H and O–H groups in total. The van der Waals surface area contributed by atoms with Crippen LogP contribution in [-0.2, 0) is 14.3 Å². The molecule has 0 aromatic rings. The topological polar surface area (TPSA) is 81.4 Å². The quantitative estimate of drug-likeness (QED) is 0.678. The molecule has 0 bridgehead atoms. The van der Waals surface area contributed by atoms with E-state index in [0.29, 0.717) is 12.8 Å². The molecule has 0 rings (SSSR count). The molecule has 1 atom stereocenters. The van der Waals surface area contributed by atoms with Crippen molar-refractivity contribution >= 4 is 11.9 Å².